The number of rotatable bonds is 4. The number of nitrogens with two attached hydrogens (primary N) is 1. The number of benzene rings is 2. The summed E-state index contributed by atoms with van der Waals surface area (Å²) in [6.07, 6.45) is 1.48. The SMILES string of the molecule is COc1ccc2c(Nc3ccc(C)cc3Br)c(C(N)=O)cnc2c1. The number of nitrogens with one attached hydrogen (secondary N) is 1. The Kier molecular flexibility index (Phi) is 4.40. The predicted octanol–water partition coefficient (Wildman–Crippen LogP) is 4.16. The van der Waals surface area contributed by atoms with Crippen molar-refractivity contribution in [1.29, 1.82) is 0 Å². The molecule has 0 bridgehead atoms. The summed E-state index contributed by atoms with van der Waals surface area (Å²) in [5, 5.41) is 4.09. The second kappa shape index (κ2) is 6.49. The Balaban J connectivity index is 2.19. The van der Waals surface area contributed by atoms with Crippen LogP contribution in [0.3, 0.4) is 0 Å². The lowest BCUT2D eigenvalue weighted by molar-refractivity contribution is 0.100. The van der Waals surface area contributed by atoms with E-state index in [1.807, 2.05) is 43.3 Å². The van der Waals surface area contributed by atoms with Crippen LogP contribution < -0.4 is 15.8 Å². The maximum atomic E-state index is 11.8. The molecule has 0 aliphatic rings. The molecular formula is C18H16BrN3O2. The fraction of sp³-hybridized carbons (Fsp3) is 0.111. The van der Waals surface area contributed by atoms with E-state index in [4.69, 9.17) is 10.5 Å². The van der Waals surface area contributed by atoms with Crippen LogP contribution in [0.15, 0.2) is 47.1 Å². The number of methoxy groups -OCH3 is 1. The average molecular weight is 386 g/mol. The Labute approximate surface area is 148 Å². The Hall–Kier alpha value is -2.60. The molecule has 24 heavy (non-hydrogen) atoms. The molecule has 2 aromatic carbocycles. The Morgan fingerprint density at radius 1 is 1.25 bits per heavy atom. The van der Waals surface area contributed by atoms with E-state index in [0.29, 0.717) is 22.5 Å². The van der Waals surface area contributed by atoms with Gasteiger partial charge < -0.3 is 15.8 Å². The molecule has 3 N–H and O–H groups in total. The summed E-state index contributed by atoms with van der Waals surface area (Å²) in [4.78, 5) is 16.1. The summed E-state index contributed by atoms with van der Waals surface area (Å²) < 4.78 is 6.13. The first-order valence-electron chi connectivity index (χ1n) is 7.29. The molecule has 1 amide bonds. The number of nitrogens with zero attached hydrogens (tertiary/aromatic N) is 1. The standard InChI is InChI=1S/C18H16BrN3O2/c1-10-3-6-15(14(19)7-10)22-17-12-5-4-11(24-2)8-16(12)21-9-13(17)18(20)23/h3-9H,1-2H3,(H2,20,23)(H,21,22). The number of anilines is 2. The topological polar surface area (TPSA) is 77.2 Å². The highest BCUT2D eigenvalue weighted by Gasteiger charge is 2.15. The fourth-order valence-corrected chi connectivity index (χ4v) is 3.07. The van der Waals surface area contributed by atoms with E-state index in [9.17, 15) is 4.79 Å². The molecule has 3 rings (SSSR count). The molecule has 0 aliphatic carbocycles. The number of hydrogen-bond donors (Lipinski definition) is 2. The monoisotopic (exact) mass is 385 g/mol. The van der Waals surface area contributed by atoms with E-state index >= 15 is 0 Å². The molecule has 5 nitrogen and oxygen atoms in total. The summed E-state index contributed by atoms with van der Waals surface area (Å²) in [6.45, 7) is 2.01. The third kappa shape index (κ3) is 3.05. The van der Waals surface area contributed by atoms with Gasteiger partial charge in [-0.3, -0.25) is 9.78 Å². The van der Waals surface area contributed by atoms with Crippen LogP contribution in [0, 0.1) is 6.92 Å². The second-order valence-corrected chi connectivity index (χ2v) is 6.26. The van der Waals surface area contributed by atoms with Crippen molar-refractivity contribution in [2.24, 2.45) is 5.73 Å². The normalized spacial score (nSPS) is 10.6. The highest BCUT2D eigenvalue weighted by molar-refractivity contribution is 9.10. The predicted molar refractivity (Wildman–Crippen MR) is 99.0 cm³/mol. The minimum atomic E-state index is -0.536. The van der Waals surface area contributed by atoms with Gasteiger partial charge in [-0.05, 0) is 52.7 Å². The molecule has 0 aliphatic heterocycles. The lowest BCUT2D eigenvalue weighted by Crippen LogP contribution is -2.14. The number of primary amides is 1. The number of amides is 1. The first kappa shape index (κ1) is 16.3. The maximum absolute atomic E-state index is 11.8. The molecular weight excluding hydrogens is 370 g/mol. The van der Waals surface area contributed by atoms with Crippen LogP contribution in [0.25, 0.3) is 10.9 Å². The van der Waals surface area contributed by atoms with Gasteiger partial charge in [-0.2, -0.15) is 0 Å². The van der Waals surface area contributed by atoms with Crippen molar-refractivity contribution in [3.05, 3.63) is 58.2 Å². The second-order valence-electron chi connectivity index (χ2n) is 5.40. The number of ether oxygens (including phenoxy) is 1. The molecule has 1 heterocycles. The lowest BCUT2D eigenvalue weighted by atomic mass is 10.1. The zero-order valence-corrected chi connectivity index (χ0v) is 14.8. The van der Waals surface area contributed by atoms with E-state index in [2.05, 4.69) is 26.2 Å². The number of carbonyl (C=O) groups excluding carboxylic acids is 1. The Morgan fingerprint density at radius 3 is 2.71 bits per heavy atom. The Bertz CT molecular complexity index is 941. The highest BCUT2D eigenvalue weighted by Crippen LogP contribution is 2.33. The average Bonchev–Trinajstić information content (AvgIpc) is 2.56. The van der Waals surface area contributed by atoms with Gasteiger partial charge in [0.15, 0.2) is 0 Å². The van der Waals surface area contributed by atoms with E-state index in [-0.39, 0.29) is 0 Å². The molecule has 1 aromatic heterocycles. The van der Waals surface area contributed by atoms with Crippen LogP contribution in [0.5, 0.6) is 5.75 Å². The largest absolute Gasteiger partial charge is 0.497 e. The number of carbonyl (C=O) groups is 1. The van der Waals surface area contributed by atoms with Crippen LogP contribution >= 0.6 is 15.9 Å². The highest BCUT2D eigenvalue weighted by atomic mass is 79.9. The molecule has 6 heteroatoms. The van der Waals surface area contributed by atoms with Crippen molar-refractivity contribution < 1.29 is 9.53 Å². The van der Waals surface area contributed by atoms with Gasteiger partial charge in [0.1, 0.15) is 5.75 Å². The van der Waals surface area contributed by atoms with Gasteiger partial charge in [0, 0.05) is 22.1 Å². The molecule has 0 saturated heterocycles. The van der Waals surface area contributed by atoms with Gasteiger partial charge in [0.05, 0.1) is 29.6 Å². The van der Waals surface area contributed by atoms with Crippen LogP contribution in [0.4, 0.5) is 11.4 Å². The first-order valence-corrected chi connectivity index (χ1v) is 8.08. The van der Waals surface area contributed by atoms with Crippen molar-refractivity contribution in [3.8, 4) is 5.75 Å². The molecule has 3 aromatic rings. The van der Waals surface area contributed by atoms with E-state index < -0.39 is 5.91 Å². The lowest BCUT2D eigenvalue weighted by Gasteiger charge is -2.15. The minimum Gasteiger partial charge on any atom is -0.497 e. The van der Waals surface area contributed by atoms with E-state index in [1.54, 1.807) is 7.11 Å². The number of fused-ring (bicyclic) bond motifs is 1. The molecule has 0 fully saturated rings. The van der Waals surface area contributed by atoms with Crippen LogP contribution in [0.1, 0.15) is 15.9 Å². The molecule has 0 saturated carbocycles. The fourth-order valence-electron chi connectivity index (χ4n) is 2.48. The van der Waals surface area contributed by atoms with Gasteiger partial charge in [-0.25, -0.2) is 0 Å². The third-order valence-electron chi connectivity index (χ3n) is 3.73. The van der Waals surface area contributed by atoms with Crippen LogP contribution in [-0.4, -0.2) is 18.0 Å². The zero-order valence-electron chi connectivity index (χ0n) is 13.3. The summed E-state index contributed by atoms with van der Waals surface area (Å²) in [7, 11) is 1.60. The number of pyridine rings is 1. The zero-order chi connectivity index (χ0) is 17.3. The van der Waals surface area contributed by atoms with Gasteiger partial charge >= 0.3 is 0 Å². The molecule has 0 radical (unpaired) electrons. The van der Waals surface area contributed by atoms with Crippen LogP contribution in [-0.2, 0) is 0 Å². The maximum Gasteiger partial charge on any atom is 0.252 e. The number of aryl methyl sites for hydroxylation is 1. The summed E-state index contributed by atoms with van der Waals surface area (Å²) >= 11 is 3.54. The van der Waals surface area contributed by atoms with E-state index in [1.165, 1.54) is 6.20 Å². The van der Waals surface area contributed by atoms with E-state index in [0.717, 1.165) is 21.1 Å². The molecule has 0 unspecified atom stereocenters. The summed E-state index contributed by atoms with van der Waals surface area (Å²) in [5.74, 6) is 0.162. The molecule has 0 atom stereocenters. The van der Waals surface area contributed by atoms with Gasteiger partial charge in [0.2, 0.25) is 0 Å². The quantitative estimate of drug-likeness (QED) is 0.706. The van der Waals surface area contributed by atoms with Gasteiger partial charge in [-0.15, -0.1) is 0 Å². The van der Waals surface area contributed by atoms with Crippen LogP contribution in [0.2, 0.25) is 0 Å². The van der Waals surface area contributed by atoms with Crippen molar-refractivity contribution in [2.75, 3.05) is 12.4 Å². The first-order chi connectivity index (χ1) is 11.5. The number of halogens is 1. The van der Waals surface area contributed by atoms with Crippen molar-refractivity contribution in [1.82, 2.24) is 4.98 Å². The van der Waals surface area contributed by atoms with Crippen molar-refractivity contribution >= 4 is 44.1 Å². The van der Waals surface area contributed by atoms with Crippen molar-refractivity contribution in [2.45, 2.75) is 6.92 Å². The number of hydrogen-bond acceptors (Lipinski definition) is 4. The summed E-state index contributed by atoms with van der Waals surface area (Å²) in [6, 6.07) is 11.4. The third-order valence-corrected chi connectivity index (χ3v) is 4.38. The smallest absolute Gasteiger partial charge is 0.252 e. The molecule has 122 valence electrons. The van der Waals surface area contributed by atoms with Gasteiger partial charge in [-0.1, -0.05) is 6.07 Å². The number of aromatic nitrogens is 1. The molecule has 0 spiro atoms. The minimum absolute atomic E-state index is 0.333. The van der Waals surface area contributed by atoms with Crippen molar-refractivity contribution in [3.63, 3.8) is 0 Å². The van der Waals surface area contributed by atoms with Gasteiger partial charge in [0.25, 0.3) is 5.91 Å². The summed E-state index contributed by atoms with van der Waals surface area (Å²) in [5.41, 5.74) is 9.16. The Morgan fingerprint density at radius 2 is 2.04 bits per heavy atom.